The van der Waals surface area contributed by atoms with Gasteiger partial charge in [0, 0.05) is 33.9 Å². The van der Waals surface area contributed by atoms with Crippen LogP contribution in [0.4, 0.5) is 19.3 Å². The molecule has 0 aromatic heterocycles. The first-order valence-electron chi connectivity index (χ1n) is 6.49. The van der Waals surface area contributed by atoms with Crippen LogP contribution in [0.5, 0.6) is 0 Å². The molecule has 122 valence electrons. The van der Waals surface area contributed by atoms with Crippen LogP contribution in [-0.4, -0.2) is 17.7 Å². The highest BCUT2D eigenvalue weighted by atomic mass is 35.5. The number of carbonyl (C=O) groups is 1. The Labute approximate surface area is 141 Å². The summed E-state index contributed by atoms with van der Waals surface area (Å²) in [6.07, 6.45) is -1.32. The summed E-state index contributed by atoms with van der Waals surface area (Å²) in [5.74, 6) is -1.64. The van der Waals surface area contributed by atoms with E-state index in [9.17, 15) is 18.7 Å². The van der Waals surface area contributed by atoms with Crippen LogP contribution in [0.2, 0.25) is 10.0 Å². The van der Waals surface area contributed by atoms with E-state index in [1.54, 1.807) is 0 Å². The first-order valence-corrected chi connectivity index (χ1v) is 7.24. The van der Waals surface area contributed by atoms with Gasteiger partial charge in [-0.2, -0.15) is 0 Å². The number of benzene rings is 2. The second kappa shape index (κ2) is 7.59. The number of hydrogen-bond donors (Lipinski definition) is 3. The molecule has 0 heterocycles. The maximum absolute atomic E-state index is 13.5. The SMILES string of the molecule is O=C(NC[C@@H](O)c1ccc(F)cc1F)Nc1cc(Cl)cc(Cl)c1. The van der Waals surface area contributed by atoms with Crippen LogP contribution in [0, 0.1) is 11.6 Å². The lowest BCUT2D eigenvalue weighted by molar-refractivity contribution is 0.170. The van der Waals surface area contributed by atoms with Gasteiger partial charge in [0.15, 0.2) is 0 Å². The summed E-state index contributed by atoms with van der Waals surface area (Å²) >= 11 is 11.6. The third-order valence-corrected chi connectivity index (χ3v) is 3.33. The van der Waals surface area contributed by atoms with Crippen LogP contribution in [0.15, 0.2) is 36.4 Å². The molecule has 2 aromatic carbocycles. The van der Waals surface area contributed by atoms with Crippen molar-refractivity contribution < 1.29 is 18.7 Å². The highest BCUT2D eigenvalue weighted by Crippen LogP contribution is 2.22. The first kappa shape index (κ1) is 17.5. The zero-order valence-electron chi connectivity index (χ0n) is 11.6. The van der Waals surface area contributed by atoms with Gasteiger partial charge in [-0.3, -0.25) is 0 Å². The molecule has 0 unspecified atom stereocenters. The summed E-state index contributed by atoms with van der Waals surface area (Å²) < 4.78 is 26.3. The van der Waals surface area contributed by atoms with Gasteiger partial charge in [-0.15, -0.1) is 0 Å². The Kier molecular flexibility index (Phi) is 5.76. The van der Waals surface area contributed by atoms with Crippen molar-refractivity contribution in [2.45, 2.75) is 6.10 Å². The molecule has 0 aliphatic carbocycles. The van der Waals surface area contributed by atoms with Gasteiger partial charge in [0.1, 0.15) is 11.6 Å². The second-order valence-corrected chi connectivity index (χ2v) is 5.55. The minimum atomic E-state index is -1.32. The molecule has 23 heavy (non-hydrogen) atoms. The summed E-state index contributed by atoms with van der Waals surface area (Å²) in [6, 6.07) is 6.65. The van der Waals surface area contributed by atoms with E-state index >= 15 is 0 Å². The van der Waals surface area contributed by atoms with Crippen molar-refractivity contribution in [3.8, 4) is 0 Å². The molecular weight excluding hydrogens is 349 g/mol. The Hall–Kier alpha value is -1.89. The molecule has 4 nitrogen and oxygen atoms in total. The number of rotatable bonds is 4. The molecule has 0 saturated heterocycles. The Morgan fingerprint density at radius 3 is 2.39 bits per heavy atom. The number of urea groups is 1. The number of aliphatic hydroxyl groups excluding tert-OH is 1. The molecular formula is C15H12Cl2F2N2O2. The summed E-state index contributed by atoms with van der Waals surface area (Å²) in [5.41, 5.74) is 0.250. The van der Waals surface area contributed by atoms with E-state index < -0.39 is 23.8 Å². The molecule has 0 fully saturated rings. The van der Waals surface area contributed by atoms with Crippen molar-refractivity contribution in [1.82, 2.24) is 5.32 Å². The molecule has 0 radical (unpaired) electrons. The number of anilines is 1. The predicted molar refractivity (Wildman–Crippen MR) is 84.8 cm³/mol. The van der Waals surface area contributed by atoms with Crippen molar-refractivity contribution in [3.63, 3.8) is 0 Å². The second-order valence-electron chi connectivity index (χ2n) is 4.67. The molecule has 2 amide bonds. The molecule has 2 rings (SSSR count). The van der Waals surface area contributed by atoms with Gasteiger partial charge < -0.3 is 15.7 Å². The van der Waals surface area contributed by atoms with Gasteiger partial charge in [-0.1, -0.05) is 29.3 Å². The number of halogens is 4. The summed E-state index contributed by atoms with van der Waals surface area (Å²) in [4.78, 5) is 11.7. The van der Waals surface area contributed by atoms with E-state index in [4.69, 9.17) is 23.2 Å². The van der Waals surface area contributed by atoms with Crippen LogP contribution in [0.3, 0.4) is 0 Å². The normalized spacial score (nSPS) is 11.9. The molecule has 2 aromatic rings. The smallest absolute Gasteiger partial charge is 0.319 e. The van der Waals surface area contributed by atoms with E-state index in [0.717, 1.165) is 12.1 Å². The van der Waals surface area contributed by atoms with Gasteiger partial charge in [0.05, 0.1) is 6.10 Å². The zero-order valence-corrected chi connectivity index (χ0v) is 13.1. The lowest BCUT2D eigenvalue weighted by atomic mass is 10.1. The number of hydrogen-bond acceptors (Lipinski definition) is 2. The number of carbonyl (C=O) groups excluding carboxylic acids is 1. The Bertz CT molecular complexity index is 708. The highest BCUT2D eigenvalue weighted by molar-refractivity contribution is 6.35. The largest absolute Gasteiger partial charge is 0.386 e. The third-order valence-electron chi connectivity index (χ3n) is 2.90. The van der Waals surface area contributed by atoms with E-state index in [2.05, 4.69) is 10.6 Å². The fraction of sp³-hybridized carbons (Fsp3) is 0.133. The van der Waals surface area contributed by atoms with Crippen LogP contribution in [0.1, 0.15) is 11.7 Å². The monoisotopic (exact) mass is 360 g/mol. The van der Waals surface area contributed by atoms with Gasteiger partial charge in [-0.05, 0) is 24.3 Å². The predicted octanol–water partition coefficient (Wildman–Crippen LogP) is 4.13. The first-order chi connectivity index (χ1) is 10.8. The molecule has 0 aliphatic heterocycles. The van der Waals surface area contributed by atoms with E-state index in [-0.39, 0.29) is 12.1 Å². The average Bonchev–Trinajstić information content (AvgIpc) is 2.43. The maximum atomic E-state index is 13.5. The molecule has 1 atom stereocenters. The fourth-order valence-electron chi connectivity index (χ4n) is 1.87. The third kappa shape index (κ3) is 5.06. The Balaban J connectivity index is 1.93. The highest BCUT2D eigenvalue weighted by Gasteiger charge is 2.14. The Morgan fingerprint density at radius 1 is 1.13 bits per heavy atom. The van der Waals surface area contributed by atoms with Crippen molar-refractivity contribution in [2.24, 2.45) is 0 Å². The van der Waals surface area contributed by atoms with E-state index in [0.29, 0.717) is 21.8 Å². The molecule has 0 spiro atoms. The van der Waals surface area contributed by atoms with E-state index in [1.165, 1.54) is 18.2 Å². The van der Waals surface area contributed by atoms with Crippen molar-refractivity contribution in [1.29, 1.82) is 0 Å². The van der Waals surface area contributed by atoms with Crippen LogP contribution < -0.4 is 10.6 Å². The van der Waals surface area contributed by atoms with Gasteiger partial charge in [0.2, 0.25) is 0 Å². The van der Waals surface area contributed by atoms with Crippen LogP contribution >= 0.6 is 23.2 Å². The summed E-state index contributed by atoms with van der Waals surface area (Å²) in [6.45, 7) is -0.261. The lowest BCUT2D eigenvalue weighted by Gasteiger charge is -2.14. The Morgan fingerprint density at radius 2 is 1.78 bits per heavy atom. The van der Waals surface area contributed by atoms with Crippen LogP contribution in [-0.2, 0) is 0 Å². The van der Waals surface area contributed by atoms with Gasteiger partial charge in [0.25, 0.3) is 0 Å². The topological polar surface area (TPSA) is 61.4 Å². The number of amides is 2. The van der Waals surface area contributed by atoms with E-state index in [1.807, 2.05) is 0 Å². The average molecular weight is 361 g/mol. The molecule has 0 bridgehead atoms. The standard InChI is InChI=1S/C15H12Cl2F2N2O2/c16-8-3-9(17)5-11(4-8)21-15(23)20-7-14(22)12-2-1-10(18)6-13(12)19/h1-6,14,22H,7H2,(H2,20,21,23)/t14-/m1/s1. The van der Waals surface area contributed by atoms with Crippen molar-refractivity contribution in [3.05, 3.63) is 63.6 Å². The summed E-state index contributed by atoms with van der Waals surface area (Å²) in [7, 11) is 0. The lowest BCUT2D eigenvalue weighted by Crippen LogP contribution is -2.32. The molecule has 8 heteroatoms. The summed E-state index contributed by atoms with van der Waals surface area (Å²) in [5, 5.41) is 15.4. The minimum absolute atomic E-state index is 0.113. The maximum Gasteiger partial charge on any atom is 0.319 e. The number of nitrogens with one attached hydrogen (secondary N) is 2. The molecule has 3 N–H and O–H groups in total. The fourth-order valence-corrected chi connectivity index (χ4v) is 2.40. The zero-order chi connectivity index (χ0) is 17.0. The van der Waals surface area contributed by atoms with Crippen molar-refractivity contribution in [2.75, 3.05) is 11.9 Å². The van der Waals surface area contributed by atoms with Gasteiger partial charge >= 0.3 is 6.03 Å². The number of aliphatic hydroxyl groups is 1. The van der Waals surface area contributed by atoms with Gasteiger partial charge in [-0.25, -0.2) is 13.6 Å². The quantitative estimate of drug-likeness (QED) is 0.767. The van der Waals surface area contributed by atoms with Crippen LogP contribution in [0.25, 0.3) is 0 Å². The molecule has 0 saturated carbocycles. The molecule has 0 aliphatic rings. The van der Waals surface area contributed by atoms with Crippen molar-refractivity contribution >= 4 is 34.9 Å². The minimum Gasteiger partial charge on any atom is -0.386 e.